The van der Waals surface area contributed by atoms with Crippen LogP contribution in [0.2, 0.25) is 0 Å². The van der Waals surface area contributed by atoms with Crippen LogP contribution in [0.15, 0.2) is 24.4 Å². The topological polar surface area (TPSA) is 82.6 Å². The fraction of sp³-hybridized carbons (Fsp3) is 0.474. The van der Waals surface area contributed by atoms with E-state index in [-0.39, 0.29) is 24.5 Å². The maximum Gasteiger partial charge on any atom is 0.305 e. The first-order chi connectivity index (χ1) is 12.0. The van der Waals surface area contributed by atoms with Crippen molar-refractivity contribution in [1.82, 2.24) is 9.88 Å². The van der Waals surface area contributed by atoms with Crippen molar-refractivity contribution in [2.24, 2.45) is 0 Å². The summed E-state index contributed by atoms with van der Waals surface area (Å²) in [6.07, 6.45) is 3.44. The molecule has 3 rings (SSSR count). The number of carbonyl (C=O) groups is 2. The third kappa shape index (κ3) is 3.69. The molecule has 1 aromatic heterocycles. The normalized spacial score (nSPS) is 20.3. The number of hydrogen-bond donors (Lipinski definition) is 2. The number of amides is 1. The molecule has 1 amide bonds. The van der Waals surface area contributed by atoms with E-state index in [1.165, 1.54) is 5.56 Å². The third-order valence-corrected chi connectivity index (χ3v) is 5.06. The number of carboxylic acids is 1. The highest BCUT2D eigenvalue weighted by Gasteiger charge is 2.36. The fourth-order valence-corrected chi connectivity index (χ4v) is 3.70. The van der Waals surface area contributed by atoms with Crippen LogP contribution in [-0.4, -0.2) is 52.7 Å². The number of rotatable bonds is 6. The molecule has 1 saturated heterocycles. The highest BCUT2D eigenvalue weighted by molar-refractivity contribution is 5.86. The van der Waals surface area contributed by atoms with E-state index in [9.17, 15) is 9.59 Å². The summed E-state index contributed by atoms with van der Waals surface area (Å²) >= 11 is 0. The van der Waals surface area contributed by atoms with Crippen molar-refractivity contribution in [2.75, 3.05) is 13.7 Å². The van der Waals surface area contributed by atoms with E-state index in [4.69, 9.17) is 9.84 Å². The van der Waals surface area contributed by atoms with Crippen LogP contribution in [-0.2, 0) is 20.7 Å². The van der Waals surface area contributed by atoms with E-state index in [1.54, 1.807) is 12.0 Å². The second-order valence-electron chi connectivity index (χ2n) is 6.70. The zero-order valence-corrected chi connectivity index (χ0v) is 14.6. The minimum Gasteiger partial charge on any atom is -0.481 e. The molecule has 1 aromatic carbocycles. The summed E-state index contributed by atoms with van der Waals surface area (Å²) in [4.78, 5) is 28.7. The van der Waals surface area contributed by atoms with E-state index in [0.717, 1.165) is 16.5 Å². The van der Waals surface area contributed by atoms with Crippen molar-refractivity contribution in [3.05, 3.63) is 35.5 Å². The zero-order chi connectivity index (χ0) is 18.0. The average Bonchev–Trinajstić information content (AvgIpc) is 3.17. The second kappa shape index (κ2) is 7.27. The van der Waals surface area contributed by atoms with Crippen molar-refractivity contribution < 1.29 is 19.4 Å². The number of carbonyl (C=O) groups excluding carboxylic acids is 1. The molecule has 25 heavy (non-hydrogen) atoms. The lowest BCUT2D eigenvalue weighted by molar-refractivity contribution is -0.139. The summed E-state index contributed by atoms with van der Waals surface area (Å²) in [6, 6.07) is 5.85. The van der Waals surface area contributed by atoms with Gasteiger partial charge in [0.1, 0.15) is 0 Å². The maximum atomic E-state index is 12.7. The van der Waals surface area contributed by atoms with E-state index >= 15 is 0 Å². The predicted molar refractivity (Wildman–Crippen MR) is 94.5 cm³/mol. The minimum absolute atomic E-state index is 0.00666. The molecule has 2 heterocycles. The van der Waals surface area contributed by atoms with Crippen molar-refractivity contribution in [1.29, 1.82) is 0 Å². The van der Waals surface area contributed by atoms with Gasteiger partial charge in [0, 0.05) is 43.2 Å². The van der Waals surface area contributed by atoms with Crippen LogP contribution in [0.4, 0.5) is 0 Å². The molecule has 1 fully saturated rings. The Morgan fingerprint density at radius 2 is 2.20 bits per heavy atom. The van der Waals surface area contributed by atoms with Crippen LogP contribution in [0.25, 0.3) is 10.9 Å². The van der Waals surface area contributed by atoms with Gasteiger partial charge in [-0.15, -0.1) is 0 Å². The lowest BCUT2D eigenvalue weighted by Crippen LogP contribution is -2.37. The molecule has 1 aliphatic rings. The highest BCUT2D eigenvalue weighted by atomic mass is 16.5. The van der Waals surface area contributed by atoms with Crippen LogP contribution in [0.3, 0.4) is 0 Å². The standard InChI is InChI=1S/C19H24N2O4/c1-12-4-3-5-16-13(10-20-19(12)16)6-7-17(22)21-11-15(25-2)8-14(21)9-18(23)24/h3-5,10,14-15,20H,6-9,11H2,1-2H3,(H,23,24). The number of H-pyrrole nitrogens is 1. The molecule has 0 saturated carbocycles. The van der Waals surface area contributed by atoms with Gasteiger partial charge in [-0.2, -0.15) is 0 Å². The molecule has 0 radical (unpaired) electrons. The molecule has 6 nitrogen and oxygen atoms in total. The van der Waals surface area contributed by atoms with Gasteiger partial charge in [0.2, 0.25) is 5.91 Å². The molecule has 2 atom stereocenters. The molecule has 0 spiro atoms. The first-order valence-electron chi connectivity index (χ1n) is 8.59. The molecule has 6 heteroatoms. The van der Waals surface area contributed by atoms with E-state index in [2.05, 4.69) is 24.0 Å². The lowest BCUT2D eigenvalue weighted by atomic mass is 10.1. The number of ether oxygens (including phenoxy) is 1. The van der Waals surface area contributed by atoms with Gasteiger partial charge in [0.05, 0.1) is 12.5 Å². The van der Waals surface area contributed by atoms with Gasteiger partial charge in [-0.25, -0.2) is 0 Å². The average molecular weight is 344 g/mol. The van der Waals surface area contributed by atoms with Crippen molar-refractivity contribution >= 4 is 22.8 Å². The minimum atomic E-state index is -0.883. The number of hydrogen-bond acceptors (Lipinski definition) is 3. The summed E-state index contributed by atoms with van der Waals surface area (Å²) < 4.78 is 5.33. The van der Waals surface area contributed by atoms with Gasteiger partial charge in [0.15, 0.2) is 0 Å². The van der Waals surface area contributed by atoms with Crippen molar-refractivity contribution in [3.8, 4) is 0 Å². The van der Waals surface area contributed by atoms with Gasteiger partial charge in [-0.1, -0.05) is 18.2 Å². The Labute approximate surface area is 146 Å². The number of nitrogens with zero attached hydrogens (tertiary/aromatic N) is 1. The van der Waals surface area contributed by atoms with E-state index < -0.39 is 5.97 Å². The quantitative estimate of drug-likeness (QED) is 0.843. The molecule has 0 aliphatic carbocycles. The summed E-state index contributed by atoms with van der Waals surface area (Å²) in [5.41, 5.74) is 3.40. The number of carboxylic acid groups (broad SMARTS) is 1. The van der Waals surface area contributed by atoms with Crippen LogP contribution in [0.5, 0.6) is 0 Å². The van der Waals surface area contributed by atoms with Gasteiger partial charge >= 0.3 is 5.97 Å². The summed E-state index contributed by atoms with van der Waals surface area (Å²) in [6.45, 7) is 2.53. The number of aliphatic carboxylic acids is 1. The van der Waals surface area contributed by atoms with E-state index in [0.29, 0.717) is 25.8 Å². The van der Waals surface area contributed by atoms with Crippen LogP contribution in [0.1, 0.15) is 30.4 Å². The Morgan fingerprint density at radius 1 is 1.40 bits per heavy atom. The molecular formula is C19H24N2O4. The highest BCUT2D eigenvalue weighted by Crippen LogP contribution is 2.26. The summed E-state index contributed by atoms with van der Waals surface area (Å²) in [5, 5.41) is 10.2. The lowest BCUT2D eigenvalue weighted by Gasteiger charge is -2.23. The molecule has 2 unspecified atom stereocenters. The molecule has 1 aliphatic heterocycles. The number of likely N-dealkylation sites (tertiary alicyclic amines) is 1. The predicted octanol–water partition coefficient (Wildman–Crippen LogP) is 2.50. The van der Waals surface area contributed by atoms with E-state index in [1.807, 2.05) is 12.3 Å². The number of fused-ring (bicyclic) bond motifs is 1. The SMILES string of the molecule is COC1CC(CC(=O)O)N(C(=O)CCc2c[nH]c3c(C)cccc23)C1. The number of benzene rings is 1. The van der Waals surface area contributed by atoms with Gasteiger partial charge in [0.25, 0.3) is 0 Å². The summed E-state index contributed by atoms with van der Waals surface area (Å²) in [7, 11) is 1.60. The largest absolute Gasteiger partial charge is 0.481 e. The van der Waals surface area contributed by atoms with Crippen LogP contribution < -0.4 is 0 Å². The molecule has 134 valence electrons. The Bertz CT molecular complexity index is 783. The Balaban J connectivity index is 1.68. The van der Waals surface area contributed by atoms with Crippen molar-refractivity contribution in [2.45, 2.75) is 44.8 Å². The van der Waals surface area contributed by atoms with Crippen molar-refractivity contribution in [3.63, 3.8) is 0 Å². The second-order valence-corrected chi connectivity index (χ2v) is 6.70. The fourth-order valence-electron chi connectivity index (χ4n) is 3.70. The number of para-hydroxylation sites is 1. The van der Waals surface area contributed by atoms with Gasteiger partial charge < -0.3 is 19.7 Å². The number of aromatic amines is 1. The molecular weight excluding hydrogens is 320 g/mol. The van der Waals surface area contributed by atoms with Gasteiger partial charge in [-0.3, -0.25) is 9.59 Å². The zero-order valence-electron chi connectivity index (χ0n) is 14.6. The first kappa shape index (κ1) is 17.5. The Morgan fingerprint density at radius 3 is 2.92 bits per heavy atom. The Kier molecular flexibility index (Phi) is 5.08. The molecule has 0 bridgehead atoms. The summed E-state index contributed by atoms with van der Waals surface area (Å²) in [5.74, 6) is -0.889. The maximum absolute atomic E-state index is 12.7. The van der Waals surface area contributed by atoms with Crippen LogP contribution >= 0.6 is 0 Å². The number of aryl methyl sites for hydroxylation is 2. The third-order valence-electron chi connectivity index (χ3n) is 5.06. The first-order valence-corrected chi connectivity index (χ1v) is 8.59. The number of aromatic nitrogens is 1. The monoisotopic (exact) mass is 344 g/mol. The molecule has 2 N–H and O–H groups in total. The van der Waals surface area contributed by atoms with Gasteiger partial charge in [-0.05, 0) is 30.9 Å². The Hall–Kier alpha value is -2.34. The van der Waals surface area contributed by atoms with Crippen LogP contribution in [0, 0.1) is 6.92 Å². The smallest absolute Gasteiger partial charge is 0.305 e. The molecule has 2 aromatic rings. The number of nitrogens with one attached hydrogen (secondary N) is 1. The number of methoxy groups -OCH3 is 1.